The highest BCUT2D eigenvalue weighted by Crippen LogP contribution is 2.43. The molecular weight excluding hydrogens is 394 g/mol. The summed E-state index contributed by atoms with van der Waals surface area (Å²) < 4.78 is 0. The van der Waals surface area contributed by atoms with E-state index in [1.54, 1.807) is 4.90 Å². The number of amides is 2. The number of amidine groups is 1. The summed E-state index contributed by atoms with van der Waals surface area (Å²) in [5, 5.41) is 3.06. The minimum atomic E-state index is -0.266. The van der Waals surface area contributed by atoms with Crippen molar-refractivity contribution in [3.8, 4) is 0 Å². The van der Waals surface area contributed by atoms with E-state index in [0.29, 0.717) is 5.84 Å². The Labute approximate surface area is 187 Å². The lowest BCUT2D eigenvalue weighted by molar-refractivity contribution is 0.221. The van der Waals surface area contributed by atoms with Gasteiger partial charge in [-0.3, -0.25) is 9.89 Å². The number of rotatable bonds is 4. The van der Waals surface area contributed by atoms with Gasteiger partial charge in [0.1, 0.15) is 11.9 Å². The van der Waals surface area contributed by atoms with Crippen molar-refractivity contribution in [2.24, 2.45) is 4.99 Å². The fraction of sp³-hybridized carbons (Fsp3) is 0.0714. The van der Waals surface area contributed by atoms with Crippen LogP contribution in [-0.2, 0) is 0 Å². The zero-order chi connectivity index (χ0) is 21.8. The molecule has 0 aliphatic carbocycles. The highest BCUT2D eigenvalue weighted by atomic mass is 16.2. The number of aliphatic imine (C=N–C) groups is 1. The maximum absolute atomic E-state index is 13.7. The van der Waals surface area contributed by atoms with Crippen molar-refractivity contribution < 1.29 is 4.79 Å². The lowest BCUT2D eigenvalue weighted by Gasteiger charge is -2.29. The van der Waals surface area contributed by atoms with Gasteiger partial charge in [-0.05, 0) is 23.3 Å². The number of nitrogens with zero attached hydrogens (tertiary/aromatic N) is 2. The number of urea groups is 1. The molecule has 0 radical (unpaired) electrons. The number of carbonyl (C=O) groups excluding carboxylic acids is 1. The number of anilines is 1. The zero-order valence-electron chi connectivity index (χ0n) is 17.5. The number of carbonyl (C=O) groups is 1. The molecule has 2 atom stereocenters. The number of nitrogens with one attached hydrogen (secondary N) is 1. The predicted octanol–water partition coefficient (Wildman–Crippen LogP) is 6.46. The van der Waals surface area contributed by atoms with E-state index in [1.807, 2.05) is 97.1 Å². The summed E-state index contributed by atoms with van der Waals surface area (Å²) in [5.74, 6) is 0.668. The maximum atomic E-state index is 13.7. The van der Waals surface area contributed by atoms with Crippen molar-refractivity contribution in [2.75, 3.05) is 5.32 Å². The van der Waals surface area contributed by atoms with Gasteiger partial charge in [0.05, 0.1) is 6.04 Å². The van der Waals surface area contributed by atoms with Crippen LogP contribution in [0.1, 0.15) is 28.8 Å². The van der Waals surface area contributed by atoms with Crippen LogP contribution in [0.5, 0.6) is 0 Å². The monoisotopic (exact) mass is 417 g/mol. The smallest absolute Gasteiger partial charge is 0.307 e. The molecule has 0 fully saturated rings. The van der Waals surface area contributed by atoms with Crippen LogP contribution in [0.25, 0.3) is 0 Å². The molecular formula is C28H23N3O. The molecule has 1 heterocycles. The fourth-order valence-electron chi connectivity index (χ4n) is 4.15. The number of para-hydroxylation sites is 1. The average molecular weight is 418 g/mol. The van der Waals surface area contributed by atoms with Crippen LogP contribution in [0.2, 0.25) is 0 Å². The first-order chi connectivity index (χ1) is 15.8. The Morgan fingerprint density at radius 3 is 1.75 bits per heavy atom. The van der Waals surface area contributed by atoms with Gasteiger partial charge >= 0.3 is 6.03 Å². The summed E-state index contributed by atoms with van der Waals surface area (Å²) in [7, 11) is 0. The van der Waals surface area contributed by atoms with E-state index >= 15 is 0 Å². The quantitative estimate of drug-likeness (QED) is 0.407. The topological polar surface area (TPSA) is 44.7 Å². The third kappa shape index (κ3) is 3.91. The van der Waals surface area contributed by atoms with E-state index in [2.05, 4.69) is 29.6 Å². The normalized spacial score (nSPS) is 17.6. The van der Waals surface area contributed by atoms with E-state index in [-0.39, 0.29) is 18.1 Å². The van der Waals surface area contributed by atoms with Gasteiger partial charge < -0.3 is 5.32 Å². The largest absolute Gasteiger partial charge is 0.328 e. The van der Waals surface area contributed by atoms with E-state index in [9.17, 15) is 4.79 Å². The molecule has 4 aromatic carbocycles. The molecule has 4 heteroatoms. The van der Waals surface area contributed by atoms with Crippen molar-refractivity contribution in [2.45, 2.75) is 12.1 Å². The van der Waals surface area contributed by atoms with Crippen LogP contribution in [0.3, 0.4) is 0 Å². The highest BCUT2D eigenvalue weighted by molar-refractivity contribution is 6.12. The Bertz CT molecular complexity index is 1210. The standard InChI is InChI=1S/C28H23N3O/c32-28(29-24-19-11-4-12-20-24)31-26(22-15-7-2-8-16-22)25(21-13-5-1-6-14-21)30-27(31)23-17-9-3-10-18-23/h1-20,25-26H,(H,29,32). The zero-order valence-corrected chi connectivity index (χ0v) is 17.5. The molecule has 1 N–H and O–H groups in total. The first-order valence-electron chi connectivity index (χ1n) is 10.7. The molecule has 0 saturated carbocycles. The molecule has 4 aromatic rings. The van der Waals surface area contributed by atoms with Crippen molar-refractivity contribution >= 4 is 17.6 Å². The summed E-state index contributed by atoms with van der Waals surface area (Å²) in [6.07, 6.45) is 0. The maximum Gasteiger partial charge on any atom is 0.328 e. The van der Waals surface area contributed by atoms with Gasteiger partial charge in [-0.25, -0.2) is 4.79 Å². The highest BCUT2D eigenvalue weighted by Gasteiger charge is 2.42. The van der Waals surface area contributed by atoms with Gasteiger partial charge in [-0.15, -0.1) is 0 Å². The van der Waals surface area contributed by atoms with E-state index in [1.165, 1.54) is 0 Å². The van der Waals surface area contributed by atoms with Crippen LogP contribution in [0.4, 0.5) is 10.5 Å². The van der Waals surface area contributed by atoms with E-state index < -0.39 is 0 Å². The third-order valence-electron chi connectivity index (χ3n) is 5.62. The molecule has 4 nitrogen and oxygen atoms in total. The van der Waals surface area contributed by atoms with Gasteiger partial charge in [-0.1, -0.05) is 109 Å². The summed E-state index contributed by atoms with van der Waals surface area (Å²) in [6, 6.07) is 39.1. The lowest BCUT2D eigenvalue weighted by atomic mass is 9.94. The van der Waals surface area contributed by atoms with Crippen LogP contribution in [-0.4, -0.2) is 16.8 Å². The minimum Gasteiger partial charge on any atom is -0.307 e. The van der Waals surface area contributed by atoms with Crippen molar-refractivity contribution in [3.63, 3.8) is 0 Å². The predicted molar refractivity (Wildman–Crippen MR) is 129 cm³/mol. The first kappa shape index (κ1) is 19.8. The molecule has 2 unspecified atom stereocenters. The molecule has 0 bridgehead atoms. The molecule has 0 spiro atoms. The van der Waals surface area contributed by atoms with Gasteiger partial charge in [0.15, 0.2) is 0 Å². The van der Waals surface area contributed by atoms with E-state index in [0.717, 1.165) is 22.4 Å². The second-order valence-electron chi connectivity index (χ2n) is 7.70. The lowest BCUT2D eigenvalue weighted by Crippen LogP contribution is -2.40. The SMILES string of the molecule is O=C(Nc1ccccc1)N1C(c2ccccc2)=NC(c2ccccc2)C1c1ccccc1. The molecule has 156 valence electrons. The third-order valence-corrected chi connectivity index (χ3v) is 5.62. The molecule has 0 saturated heterocycles. The number of benzene rings is 4. The second-order valence-corrected chi connectivity index (χ2v) is 7.70. The van der Waals surface area contributed by atoms with Crippen molar-refractivity contribution in [1.29, 1.82) is 0 Å². The summed E-state index contributed by atoms with van der Waals surface area (Å²) >= 11 is 0. The number of hydrogen-bond donors (Lipinski definition) is 1. The molecule has 1 aliphatic heterocycles. The van der Waals surface area contributed by atoms with Crippen molar-refractivity contribution in [1.82, 2.24) is 4.90 Å². The Morgan fingerprint density at radius 2 is 1.16 bits per heavy atom. The summed E-state index contributed by atoms with van der Waals surface area (Å²) in [4.78, 5) is 20.6. The fourth-order valence-corrected chi connectivity index (χ4v) is 4.15. The van der Waals surface area contributed by atoms with Crippen LogP contribution >= 0.6 is 0 Å². The Kier molecular flexibility index (Phi) is 5.50. The van der Waals surface area contributed by atoms with Crippen LogP contribution < -0.4 is 5.32 Å². The molecule has 2 amide bonds. The Hall–Kier alpha value is -4.18. The Morgan fingerprint density at radius 1 is 0.656 bits per heavy atom. The van der Waals surface area contributed by atoms with Gasteiger partial charge in [0.2, 0.25) is 0 Å². The molecule has 5 rings (SSSR count). The van der Waals surface area contributed by atoms with Crippen LogP contribution in [0, 0.1) is 0 Å². The summed E-state index contributed by atoms with van der Waals surface area (Å²) in [5.41, 5.74) is 3.78. The Balaban J connectivity index is 1.63. The van der Waals surface area contributed by atoms with Crippen molar-refractivity contribution in [3.05, 3.63) is 138 Å². The molecule has 0 aromatic heterocycles. The number of hydrogen-bond acceptors (Lipinski definition) is 2. The van der Waals surface area contributed by atoms with Gasteiger partial charge in [-0.2, -0.15) is 0 Å². The first-order valence-corrected chi connectivity index (χ1v) is 10.7. The van der Waals surface area contributed by atoms with Gasteiger partial charge in [0, 0.05) is 11.3 Å². The van der Waals surface area contributed by atoms with Gasteiger partial charge in [0.25, 0.3) is 0 Å². The molecule has 32 heavy (non-hydrogen) atoms. The average Bonchev–Trinajstić information content (AvgIpc) is 3.27. The van der Waals surface area contributed by atoms with E-state index in [4.69, 9.17) is 4.99 Å². The minimum absolute atomic E-state index is 0.203. The molecule has 1 aliphatic rings. The second kappa shape index (κ2) is 8.90. The van der Waals surface area contributed by atoms with Crippen LogP contribution in [0.15, 0.2) is 126 Å². The summed E-state index contributed by atoms with van der Waals surface area (Å²) in [6.45, 7) is 0.